The van der Waals surface area contributed by atoms with Gasteiger partial charge in [-0.2, -0.15) is 0 Å². The molecule has 0 amide bonds. The lowest BCUT2D eigenvalue weighted by molar-refractivity contribution is 0.0235. The minimum absolute atomic E-state index is 0.0356. The molecule has 1 aliphatic carbocycles. The van der Waals surface area contributed by atoms with Crippen LogP contribution in [0.5, 0.6) is 0 Å². The molecule has 2 nitrogen and oxygen atoms in total. The summed E-state index contributed by atoms with van der Waals surface area (Å²) in [4.78, 5) is 0. The molecule has 0 aromatic carbocycles. The van der Waals surface area contributed by atoms with Crippen molar-refractivity contribution in [2.75, 3.05) is 13.2 Å². The Morgan fingerprint density at radius 1 is 0.917 bits per heavy atom. The van der Waals surface area contributed by atoms with Crippen LogP contribution in [0.1, 0.15) is 25.7 Å². The van der Waals surface area contributed by atoms with Crippen LogP contribution in [0, 0.1) is 5.41 Å². The highest BCUT2D eigenvalue weighted by Gasteiger charge is 2.39. The fourth-order valence-electron chi connectivity index (χ4n) is 1.51. The van der Waals surface area contributed by atoms with Crippen molar-refractivity contribution in [2.24, 2.45) is 5.41 Å². The Kier molecular flexibility index (Phi) is 3.60. The molecule has 0 atom stereocenters. The van der Waals surface area contributed by atoms with E-state index in [2.05, 4.69) is 31.9 Å². The summed E-state index contributed by atoms with van der Waals surface area (Å²) in [5, 5.41) is 18.2. The highest BCUT2D eigenvalue weighted by atomic mass is 79.9. The molecule has 1 fully saturated rings. The SMILES string of the molecule is OCC1(CO)CCC(Br)(Br)CC1. The highest BCUT2D eigenvalue weighted by molar-refractivity contribution is 9.25. The average molecular weight is 302 g/mol. The molecular weight excluding hydrogens is 288 g/mol. The lowest BCUT2D eigenvalue weighted by Crippen LogP contribution is -2.37. The molecule has 0 radical (unpaired) electrons. The van der Waals surface area contributed by atoms with Crippen molar-refractivity contribution in [1.29, 1.82) is 0 Å². The molecule has 0 saturated heterocycles. The third-order valence-corrected chi connectivity index (χ3v) is 4.30. The zero-order chi connectivity index (χ0) is 9.24. The monoisotopic (exact) mass is 300 g/mol. The molecule has 1 aliphatic rings. The van der Waals surface area contributed by atoms with E-state index in [9.17, 15) is 0 Å². The maximum absolute atomic E-state index is 9.12. The van der Waals surface area contributed by atoms with E-state index in [4.69, 9.17) is 10.2 Å². The summed E-state index contributed by atoms with van der Waals surface area (Å²) in [5.74, 6) is 0. The zero-order valence-corrected chi connectivity index (χ0v) is 10.1. The van der Waals surface area contributed by atoms with Gasteiger partial charge in [-0.3, -0.25) is 0 Å². The van der Waals surface area contributed by atoms with Crippen molar-refractivity contribution in [3.05, 3.63) is 0 Å². The minimum atomic E-state index is -0.231. The molecule has 0 aromatic heterocycles. The van der Waals surface area contributed by atoms with Crippen molar-refractivity contribution in [2.45, 2.75) is 28.9 Å². The van der Waals surface area contributed by atoms with Crippen LogP contribution in [0.15, 0.2) is 0 Å². The molecule has 72 valence electrons. The molecule has 0 spiro atoms. The van der Waals surface area contributed by atoms with Gasteiger partial charge in [0.05, 0.1) is 16.4 Å². The van der Waals surface area contributed by atoms with Crippen LogP contribution < -0.4 is 0 Å². The number of aliphatic hydroxyl groups is 2. The van der Waals surface area contributed by atoms with Gasteiger partial charge < -0.3 is 10.2 Å². The topological polar surface area (TPSA) is 40.5 Å². The van der Waals surface area contributed by atoms with E-state index in [1.807, 2.05) is 0 Å². The van der Waals surface area contributed by atoms with E-state index < -0.39 is 0 Å². The molecule has 1 saturated carbocycles. The van der Waals surface area contributed by atoms with Gasteiger partial charge in [0.2, 0.25) is 0 Å². The Labute approximate surface area is 89.6 Å². The summed E-state index contributed by atoms with van der Waals surface area (Å²) in [6.45, 7) is 0.194. The molecular formula is C8H14Br2O2. The third-order valence-electron chi connectivity index (χ3n) is 2.71. The second kappa shape index (κ2) is 3.95. The summed E-state index contributed by atoms with van der Waals surface area (Å²) < 4.78 is 0.0356. The molecule has 1 rings (SSSR count). The van der Waals surface area contributed by atoms with E-state index in [-0.39, 0.29) is 21.9 Å². The Bertz CT molecular complexity index is 143. The molecule has 0 aliphatic heterocycles. The Hall–Kier alpha value is 0.880. The molecule has 0 bridgehead atoms. The minimum Gasteiger partial charge on any atom is -0.396 e. The summed E-state index contributed by atoms with van der Waals surface area (Å²) in [7, 11) is 0. The van der Waals surface area contributed by atoms with E-state index in [1.54, 1.807) is 0 Å². The van der Waals surface area contributed by atoms with Gasteiger partial charge in [-0.1, -0.05) is 31.9 Å². The smallest absolute Gasteiger partial charge is 0.0806 e. The van der Waals surface area contributed by atoms with Crippen molar-refractivity contribution < 1.29 is 10.2 Å². The second-order valence-electron chi connectivity index (χ2n) is 3.67. The molecule has 12 heavy (non-hydrogen) atoms. The number of hydrogen-bond donors (Lipinski definition) is 2. The first-order chi connectivity index (χ1) is 5.54. The van der Waals surface area contributed by atoms with E-state index in [0.717, 1.165) is 25.7 Å². The van der Waals surface area contributed by atoms with Crippen molar-refractivity contribution in [3.8, 4) is 0 Å². The second-order valence-corrected chi connectivity index (χ2v) is 7.77. The van der Waals surface area contributed by atoms with Gasteiger partial charge >= 0.3 is 0 Å². The van der Waals surface area contributed by atoms with E-state index >= 15 is 0 Å². The number of halogens is 2. The van der Waals surface area contributed by atoms with Crippen LogP contribution in [0.3, 0.4) is 0 Å². The van der Waals surface area contributed by atoms with Gasteiger partial charge in [-0.15, -0.1) is 0 Å². The standard InChI is InChI=1S/C8H14Br2O2/c9-8(10)3-1-7(5-11,6-12)2-4-8/h11-12H,1-6H2. The van der Waals surface area contributed by atoms with Crippen LogP contribution >= 0.6 is 31.9 Å². The normalized spacial score (nSPS) is 27.0. The fourth-order valence-corrected chi connectivity index (χ4v) is 2.31. The van der Waals surface area contributed by atoms with Gasteiger partial charge in [0.1, 0.15) is 0 Å². The Balaban J connectivity index is 2.53. The first kappa shape index (κ1) is 11.0. The Morgan fingerprint density at radius 2 is 1.33 bits per heavy atom. The van der Waals surface area contributed by atoms with Gasteiger partial charge in [-0.25, -0.2) is 0 Å². The summed E-state index contributed by atoms with van der Waals surface area (Å²) in [6, 6.07) is 0. The lowest BCUT2D eigenvalue weighted by atomic mass is 9.75. The third kappa shape index (κ3) is 2.44. The predicted octanol–water partition coefficient (Wildman–Crippen LogP) is 2.02. The quantitative estimate of drug-likeness (QED) is 0.766. The first-order valence-corrected chi connectivity index (χ1v) is 5.72. The fraction of sp³-hybridized carbons (Fsp3) is 1.00. The number of alkyl halides is 2. The maximum Gasteiger partial charge on any atom is 0.0806 e. The summed E-state index contributed by atoms with van der Waals surface area (Å²) in [5.41, 5.74) is -0.231. The average Bonchev–Trinajstić information content (AvgIpc) is 2.06. The number of rotatable bonds is 2. The van der Waals surface area contributed by atoms with Crippen molar-refractivity contribution >= 4 is 31.9 Å². The summed E-state index contributed by atoms with van der Waals surface area (Å²) in [6.07, 6.45) is 3.65. The highest BCUT2D eigenvalue weighted by Crippen LogP contribution is 2.47. The largest absolute Gasteiger partial charge is 0.396 e. The Morgan fingerprint density at radius 3 is 1.67 bits per heavy atom. The van der Waals surface area contributed by atoms with Gasteiger partial charge in [0.15, 0.2) is 0 Å². The zero-order valence-electron chi connectivity index (χ0n) is 6.89. The van der Waals surface area contributed by atoms with Crippen LogP contribution in [-0.4, -0.2) is 26.7 Å². The van der Waals surface area contributed by atoms with Gasteiger partial charge in [-0.05, 0) is 25.7 Å². The summed E-state index contributed by atoms with van der Waals surface area (Å²) >= 11 is 7.11. The van der Waals surface area contributed by atoms with Gasteiger partial charge in [0, 0.05) is 5.41 Å². The van der Waals surface area contributed by atoms with Crippen molar-refractivity contribution in [1.82, 2.24) is 0 Å². The van der Waals surface area contributed by atoms with Crippen LogP contribution in [0.4, 0.5) is 0 Å². The molecule has 4 heteroatoms. The van der Waals surface area contributed by atoms with Crippen LogP contribution in [-0.2, 0) is 0 Å². The van der Waals surface area contributed by atoms with Crippen LogP contribution in [0.2, 0.25) is 0 Å². The lowest BCUT2D eigenvalue weighted by Gasteiger charge is -2.39. The number of hydrogen-bond acceptors (Lipinski definition) is 2. The maximum atomic E-state index is 9.12. The molecule has 0 heterocycles. The van der Waals surface area contributed by atoms with Crippen molar-refractivity contribution in [3.63, 3.8) is 0 Å². The van der Waals surface area contributed by atoms with E-state index in [0.29, 0.717) is 0 Å². The molecule has 0 unspecified atom stereocenters. The predicted molar refractivity (Wildman–Crippen MR) is 55.7 cm³/mol. The van der Waals surface area contributed by atoms with Gasteiger partial charge in [0.25, 0.3) is 0 Å². The van der Waals surface area contributed by atoms with Crippen LogP contribution in [0.25, 0.3) is 0 Å². The van der Waals surface area contributed by atoms with E-state index in [1.165, 1.54) is 0 Å². The molecule has 2 N–H and O–H groups in total. The number of aliphatic hydroxyl groups excluding tert-OH is 2. The molecule has 0 aromatic rings. The first-order valence-electron chi connectivity index (χ1n) is 4.13.